The van der Waals surface area contributed by atoms with Crippen molar-refractivity contribution in [2.45, 2.75) is 44.8 Å². The Morgan fingerprint density at radius 1 is 1.30 bits per heavy atom. The van der Waals surface area contributed by atoms with Crippen LogP contribution < -0.4 is 4.31 Å². The molecule has 1 aromatic rings. The molecular weight excluding hydrogens is 274 g/mol. The van der Waals surface area contributed by atoms with Gasteiger partial charge in [0.1, 0.15) is 0 Å². The number of nitrogens with zero attached hydrogens (tertiary/aromatic N) is 1. The maximum absolute atomic E-state index is 12.7. The van der Waals surface area contributed by atoms with Crippen molar-refractivity contribution in [1.82, 2.24) is 0 Å². The van der Waals surface area contributed by atoms with Crippen LogP contribution in [0.2, 0.25) is 0 Å². The zero-order valence-electron chi connectivity index (χ0n) is 11.8. The topological polar surface area (TPSA) is 46.6 Å². The number of anilines is 1. The molecule has 2 heterocycles. The quantitative estimate of drug-likeness (QED) is 0.860. The molecule has 0 aliphatic carbocycles. The van der Waals surface area contributed by atoms with Gasteiger partial charge in [-0.15, -0.1) is 0 Å². The molecule has 3 rings (SSSR count). The Morgan fingerprint density at radius 3 is 2.85 bits per heavy atom. The minimum absolute atomic E-state index is 0.000917. The summed E-state index contributed by atoms with van der Waals surface area (Å²) in [6, 6.07) is 7.78. The fourth-order valence-electron chi connectivity index (χ4n) is 3.22. The van der Waals surface area contributed by atoms with E-state index in [0.29, 0.717) is 6.61 Å². The van der Waals surface area contributed by atoms with Crippen LogP contribution in [0.15, 0.2) is 24.3 Å². The maximum Gasteiger partial charge on any atom is 0.237 e. The van der Waals surface area contributed by atoms with E-state index < -0.39 is 10.0 Å². The summed E-state index contributed by atoms with van der Waals surface area (Å²) in [5.41, 5.74) is 1.96. The van der Waals surface area contributed by atoms with Crippen molar-refractivity contribution in [3.8, 4) is 0 Å². The van der Waals surface area contributed by atoms with E-state index in [0.717, 1.165) is 36.9 Å². The highest BCUT2D eigenvalue weighted by Crippen LogP contribution is 2.34. The predicted molar refractivity (Wildman–Crippen MR) is 79.5 cm³/mol. The third-order valence-corrected chi connectivity index (χ3v) is 6.06. The lowest BCUT2D eigenvalue weighted by atomic mass is 10.1. The minimum Gasteiger partial charge on any atom is -0.377 e. The molecule has 2 aliphatic rings. The lowest BCUT2D eigenvalue weighted by Crippen LogP contribution is -2.41. The van der Waals surface area contributed by atoms with Crippen molar-refractivity contribution in [2.75, 3.05) is 16.7 Å². The zero-order chi connectivity index (χ0) is 14.2. The largest absolute Gasteiger partial charge is 0.377 e. The number of hydrogen-bond acceptors (Lipinski definition) is 3. The number of sulfonamides is 1. The van der Waals surface area contributed by atoms with Crippen LogP contribution in [-0.2, 0) is 21.2 Å². The van der Waals surface area contributed by atoms with E-state index in [2.05, 4.69) is 0 Å². The van der Waals surface area contributed by atoms with Gasteiger partial charge in [0.2, 0.25) is 10.0 Å². The maximum atomic E-state index is 12.7. The van der Waals surface area contributed by atoms with Crippen molar-refractivity contribution in [1.29, 1.82) is 0 Å². The Hall–Kier alpha value is -1.07. The van der Waals surface area contributed by atoms with Crippen LogP contribution in [0.25, 0.3) is 0 Å². The minimum atomic E-state index is -3.31. The first-order valence-corrected chi connectivity index (χ1v) is 8.90. The summed E-state index contributed by atoms with van der Waals surface area (Å²) in [5.74, 6) is 0.103. The lowest BCUT2D eigenvalue weighted by Gasteiger charge is -2.28. The lowest BCUT2D eigenvalue weighted by molar-refractivity contribution is 0.0305. The van der Waals surface area contributed by atoms with E-state index in [9.17, 15) is 8.42 Å². The fraction of sp³-hybridized carbons (Fsp3) is 0.600. The van der Waals surface area contributed by atoms with Crippen LogP contribution >= 0.6 is 0 Å². The van der Waals surface area contributed by atoms with Gasteiger partial charge in [-0.3, -0.25) is 4.31 Å². The van der Waals surface area contributed by atoms with E-state index in [4.69, 9.17) is 4.74 Å². The van der Waals surface area contributed by atoms with Gasteiger partial charge in [0, 0.05) is 12.6 Å². The van der Waals surface area contributed by atoms with Gasteiger partial charge in [0.15, 0.2) is 0 Å². The van der Waals surface area contributed by atoms with Gasteiger partial charge < -0.3 is 4.74 Å². The molecule has 2 atom stereocenters. The Kier molecular flexibility index (Phi) is 3.73. The van der Waals surface area contributed by atoms with Crippen LogP contribution in [0, 0.1) is 0 Å². The third kappa shape index (κ3) is 2.56. The second-order valence-corrected chi connectivity index (χ2v) is 7.64. The van der Waals surface area contributed by atoms with Crippen LogP contribution in [0.5, 0.6) is 0 Å². The van der Waals surface area contributed by atoms with Gasteiger partial charge in [-0.25, -0.2) is 8.42 Å². The van der Waals surface area contributed by atoms with Crippen LogP contribution in [-0.4, -0.2) is 32.9 Å². The number of hydrogen-bond donors (Lipinski definition) is 0. The Bertz CT molecular complexity index is 579. The summed E-state index contributed by atoms with van der Waals surface area (Å²) >= 11 is 0. The molecule has 20 heavy (non-hydrogen) atoms. The van der Waals surface area contributed by atoms with Crippen molar-refractivity contribution >= 4 is 15.7 Å². The number of fused-ring (bicyclic) bond motifs is 1. The molecular formula is C15H21NO3S. The smallest absolute Gasteiger partial charge is 0.237 e. The first-order valence-electron chi connectivity index (χ1n) is 7.29. The van der Waals surface area contributed by atoms with Gasteiger partial charge in [-0.2, -0.15) is 0 Å². The van der Waals surface area contributed by atoms with E-state index in [1.165, 1.54) is 0 Å². The molecule has 0 unspecified atom stereocenters. The first kappa shape index (κ1) is 13.9. The van der Waals surface area contributed by atoms with Gasteiger partial charge in [-0.1, -0.05) is 18.2 Å². The highest BCUT2D eigenvalue weighted by Gasteiger charge is 2.36. The predicted octanol–water partition coefficient (Wildman–Crippen LogP) is 2.34. The molecule has 0 saturated carbocycles. The molecule has 1 aromatic carbocycles. The second kappa shape index (κ2) is 5.37. The van der Waals surface area contributed by atoms with Gasteiger partial charge in [0.05, 0.1) is 17.5 Å². The molecule has 1 saturated heterocycles. The summed E-state index contributed by atoms with van der Waals surface area (Å²) in [7, 11) is -3.31. The van der Waals surface area contributed by atoms with Crippen LogP contribution in [0.1, 0.15) is 31.7 Å². The van der Waals surface area contributed by atoms with Gasteiger partial charge in [-0.05, 0) is 44.2 Å². The van der Waals surface area contributed by atoms with Crippen molar-refractivity contribution in [3.05, 3.63) is 29.8 Å². The summed E-state index contributed by atoms with van der Waals surface area (Å²) in [5, 5.41) is 0. The monoisotopic (exact) mass is 295 g/mol. The summed E-state index contributed by atoms with van der Waals surface area (Å²) in [6.07, 6.45) is 3.60. The molecule has 110 valence electrons. The average molecular weight is 295 g/mol. The first-order chi connectivity index (χ1) is 9.58. The van der Waals surface area contributed by atoms with Gasteiger partial charge >= 0.3 is 0 Å². The van der Waals surface area contributed by atoms with E-state index in [-0.39, 0.29) is 17.9 Å². The molecule has 0 N–H and O–H groups in total. The number of ether oxygens (including phenoxy) is 1. The molecule has 0 bridgehead atoms. The van der Waals surface area contributed by atoms with Crippen molar-refractivity contribution in [3.63, 3.8) is 0 Å². The highest BCUT2D eigenvalue weighted by molar-refractivity contribution is 7.92. The number of benzene rings is 1. The normalized spacial score (nSPS) is 26.6. The Morgan fingerprint density at radius 2 is 2.10 bits per heavy atom. The summed E-state index contributed by atoms with van der Waals surface area (Å²) in [6.45, 7) is 2.66. The zero-order valence-corrected chi connectivity index (χ0v) is 12.6. The molecule has 1 fully saturated rings. The Labute approximate surface area is 120 Å². The Balaban J connectivity index is 1.83. The number of para-hydroxylation sites is 1. The average Bonchev–Trinajstić information content (AvgIpc) is 2.75. The summed E-state index contributed by atoms with van der Waals surface area (Å²) in [4.78, 5) is 0. The molecule has 0 radical (unpaired) electrons. The summed E-state index contributed by atoms with van der Waals surface area (Å²) < 4.78 is 32.6. The van der Waals surface area contributed by atoms with Crippen LogP contribution in [0.3, 0.4) is 0 Å². The van der Waals surface area contributed by atoms with Crippen LogP contribution in [0.4, 0.5) is 5.69 Å². The molecule has 4 nitrogen and oxygen atoms in total. The van der Waals surface area contributed by atoms with Gasteiger partial charge in [0.25, 0.3) is 0 Å². The molecule has 0 amide bonds. The second-order valence-electron chi connectivity index (χ2n) is 5.74. The molecule has 2 aliphatic heterocycles. The molecule has 5 heteroatoms. The number of rotatable bonds is 3. The standard InChI is InChI=1S/C15H21NO3S/c1-12-10-13-6-2-3-8-15(13)16(12)20(17,18)11-14-7-4-5-9-19-14/h2-3,6,8,12,14H,4-5,7,9-11H2,1H3/t12-,14+/m0/s1. The van der Waals surface area contributed by atoms with E-state index >= 15 is 0 Å². The fourth-order valence-corrected chi connectivity index (χ4v) is 5.21. The van der Waals surface area contributed by atoms with E-state index in [1.54, 1.807) is 4.31 Å². The van der Waals surface area contributed by atoms with Crippen molar-refractivity contribution in [2.24, 2.45) is 0 Å². The molecule has 0 spiro atoms. The highest BCUT2D eigenvalue weighted by atomic mass is 32.2. The SMILES string of the molecule is C[C@H]1Cc2ccccc2N1S(=O)(=O)C[C@H]1CCCCO1. The molecule has 0 aromatic heterocycles. The van der Waals surface area contributed by atoms with Crippen molar-refractivity contribution < 1.29 is 13.2 Å². The van der Waals surface area contributed by atoms with E-state index in [1.807, 2.05) is 31.2 Å². The third-order valence-electron chi connectivity index (χ3n) is 4.11.